The van der Waals surface area contributed by atoms with Gasteiger partial charge in [0.15, 0.2) is 17.3 Å². The van der Waals surface area contributed by atoms with Gasteiger partial charge in [-0.2, -0.15) is 5.10 Å². The molecule has 164 valence electrons. The number of fused-ring (bicyclic) bond motifs is 2. The number of carbonyl (C=O) groups excluding carboxylic acids is 1. The number of nitrogens with zero attached hydrogens (tertiary/aromatic N) is 5. The average Bonchev–Trinajstić information content (AvgIpc) is 3.66. The van der Waals surface area contributed by atoms with E-state index in [1.807, 2.05) is 11.9 Å². The van der Waals surface area contributed by atoms with E-state index in [2.05, 4.69) is 25.5 Å². The number of imidazole rings is 1. The lowest BCUT2D eigenvalue weighted by Gasteiger charge is -2.22. The summed E-state index contributed by atoms with van der Waals surface area (Å²) in [6.07, 6.45) is 7.53. The van der Waals surface area contributed by atoms with E-state index in [1.54, 1.807) is 23.0 Å². The van der Waals surface area contributed by atoms with Crippen molar-refractivity contribution in [2.75, 3.05) is 17.3 Å². The number of alkyl halides is 1. The molecule has 11 heteroatoms. The van der Waals surface area contributed by atoms with Crippen molar-refractivity contribution in [1.29, 1.82) is 0 Å². The minimum atomic E-state index is -1.09. The Bertz CT molecular complexity index is 1400. The molecule has 6 rings (SSSR count). The number of rotatable bonds is 5. The van der Waals surface area contributed by atoms with Crippen LogP contribution in [0.1, 0.15) is 19.3 Å². The number of aromatic nitrogens is 5. The molecule has 0 saturated heterocycles. The summed E-state index contributed by atoms with van der Waals surface area (Å²) < 4.78 is 30.2. The van der Waals surface area contributed by atoms with Crippen LogP contribution in [0.4, 0.5) is 20.3 Å². The van der Waals surface area contributed by atoms with Crippen molar-refractivity contribution in [3.05, 3.63) is 35.6 Å². The minimum absolute atomic E-state index is 0.0374. The average molecular weight is 458 g/mol. The van der Waals surface area contributed by atoms with Crippen LogP contribution in [0.2, 0.25) is 5.02 Å². The van der Waals surface area contributed by atoms with Gasteiger partial charge in [-0.1, -0.05) is 11.6 Å². The summed E-state index contributed by atoms with van der Waals surface area (Å²) in [7, 11) is 1.85. The van der Waals surface area contributed by atoms with E-state index in [0.29, 0.717) is 39.3 Å². The van der Waals surface area contributed by atoms with Crippen LogP contribution in [0, 0.1) is 11.7 Å². The van der Waals surface area contributed by atoms with Crippen LogP contribution in [-0.4, -0.2) is 49.7 Å². The van der Waals surface area contributed by atoms with Crippen molar-refractivity contribution in [2.24, 2.45) is 5.92 Å². The summed E-state index contributed by atoms with van der Waals surface area (Å²) in [5.41, 5.74) is 2.27. The molecular weight excluding hydrogens is 440 g/mol. The molecule has 8 nitrogen and oxygen atoms in total. The zero-order chi connectivity index (χ0) is 22.1. The van der Waals surface area contributed by atoms with Gasteiger partial charge in [-0.15, -0.1) is 0 Å². The molecule has 4 aromatic rings. The van der Waals surface area contributed by atoms with Gasteiger partial charge in [0.1, 0.15) is 11.9 Å². The molecule has 0 unspecified atom stereocenters. The molecule has 2 aliphatic rings. The maximum Gasteiger partial charge on any atom is 0.231 e. The van der Waals surface area contributed by atoms with E-state index < -0.39 is 23.8 Å². The highest BCUT2D eigenvalue weighted by molar-refractivity contribution is 6.35. The first-order chi connectivity index (χ1) is 15.4. The lowest BCUT2D eigenvalue weighted by molar-refractivity contribution is -0.117. The quantitative estimate of drug-likeness (QED) is 0.473. The van der Waals surface area contributed by atoms with Gasteiger partial charge in [0.25, 0.3) is 0 Å². The lowest BCUT2D eigenvalue weighted by atomic mass is 10.0. The number of halogens is 3. The van der Waals surface area contributed by atoms with Gasteiger partial charge in [-0.25, -0.2) is 13.8 Å². The topological polar surface area (TPSA) is 91.2 Å². The first-order valence-corrected chi connectivity index (χ1v) is 10.7. The van der Waals surface area contributed by atoms with Crippen LogP contribution in [0.25, 0.3) is 27.8 Å². The van der Waals surface area contributed by atoms with E-state index in [-0.39, 0.29) is 17.5 Å². The van der Waals surface area contributed by atoms with Crippen LogP contribution in [0.5, 0.6) is 0 Å². The zero-order valence-corrected chi connectivity index (χ0v) is 17.7. The third kappa shape index (κ3) is 3.01. The van der Waals surface area contributed by atoms with Crippen LogP contribution >= 0.6 is 11.6 Å². The maximum absolute atomic E-state index is 15.4. The van der Waals surface area contributed by atoms with E-state index in [9.17, 15) is 9.18 Å². The van der Waals surface area contributed by atoms with Crippen molar-refractivity contribution < 1.29 is 13.6 Å². The SMILES string of the molecule is CN(c1c(F)c(Cl)c(-c2cn3cc(NC(=O)[C@H]4C[C@H]4F)nc3cn2)c2cn[nH]c12)C1CC1. The highest BCUT2D eigenvalue weighted by Crippen LogP contribution is 2.44. The third-order valence-corrected chi connectivity index (χ3v) is 6.47. The molecule has 3 heterocycles. The van der Waals surface area contributed by atoms with E-state index in [0.717, 1.165) is 12.8 Å². The first-order valence-electron chi connectivity index (χ1n) is 10.3. The Morgan fingerprint density at radius 1 is 1.34 bits per heavy atom. The summed E-state index contributed by atoms with van der Waals surface area (Å²) in [4.78, 5) is 22.6. The number of hydrogen-bond acceptors (Lipinski definition) is 5. The van der Waals surface area contributed by atoms with Gasteiger partial charge in [0.05, 0.1) is 40.7 Å². The fourth-order valence-electron chi connectivity index (χ4n) is 4.07. The molecular formula is C21H18ClF2N7O. The molecule has 0 radical (unpaired) electrons. The zero-order valence-electron chi connectivity index (χ0n) is 16.9. The maximum atomic E-state index is 15.4. The molecule has 2 saturated carbocycles. The summed E-state index contributed by atoms with van der Waals surface area (Å²) in [6.45, 7) is 0. The van der Waals surface area contributed by atoms with Crippen molar-refractivity contribution in [1.82, 2.24) is 24.6 Å². The van der Waals surface area contributed by atoms with Crippen LogP contribution in [-0.2, 0) is 4.79 Å². The monoisotopic (exact) mass is 457 g/mol. The Balaban J connectivity index is 1.42. The van der Waals surface area contributed by atoms with Gasteiger partial charge in [0.2, 0.25) is 5.91 Å². The fourth-order valence-corrected chi connectivity index (χ4v) is 4.35. The smallest absolute Gasteiger partial charge is 0.231 e. The second-order valence-electron chi connectivity index (χ2n) is 8.36. The summed E-state index contributed by atoms with van der Waals surface area (Å²) in [6, 6.07) is 0.287. The number of H-pyrrole nitrogens is 1. The van der Waals surface area contributed by atoms with Gasteiger partial charge < -0.3 is 14.6 Å². The molecule has 0 spiro atoms. The predicted octanol–water partition coefficient (Wildman–Crippen LogP) is 3.96. The number of hydrogen-bond donors (Lipinski definition) is 2. The first kappa shape index (κ1) is 19.4. The third-order valence-electron chi connectivity index (χ3n) is 6.11. The van der Waals surface area contributed by atoms with Crippen LogP contribution in [0.15, 0.2) is 24.8 Å². The summed E-state index contributed by atoms with van der Waals surface area (Å²) in [5.74, 6) is -1.25. The largest absolute Gasteiger partial charge is 0.367 e. The summed E-state index contributed by atoms with van der Waals surface area (Å²) >= 11 is 6.52. The molecule has 2 aliphatic carbocycles. The Labute approximate surface area is 185 Å². The Kier molecular flexibility index (Phi) is 4.16. The number of nitrogens with one attached hydrogen (secondary N) is 2. The molecule has 2 fully saturated rings. The normalized spacial score (nSPS) is 20.1. The number of benzene rings is 1. The van der Waals surface area contributed by atoms with Crippen molar-refractivity contribution in [3.63, 3.8) is 0 Å². The van der Waals surface area contributed by atoms with Crippen molar-refractivity contribution in [3.8, 4) is 11.3 Å². The number of aromatic amines is 1. The standard InChI is InChI=1S/C21H18ClF2N7O/c1-30(9-2-3-9)20-18(24)17(22)16(11-5-26-29-19(11)20)13-7-31-8-14(27-15(31)6-25-13)28-21(32)10-4-12(10)23/h5-10,12H,2-4H2,1H3,(H,26,29)(H,28,32)/t10-,12+/m0/s1. The van der Waals surface area contributed by atoms with E-state index in [1.165, 1.54) is 6.20 Å². The van der Waals surface area contributed by atoms with Crippen molar-refractivity contribution in [2.45, 2.75) is 31.5 Å². The van der Waals surface area contributed by atoms with Crippen LogP contribution < -0.4 is 10.2 Å². The Hall–Kier alpha value is -3.27. The fraction of sp³-hybridized carbons (Fsp3) is 0.333. The highest BCUT2D eigenvalue weighted by atomic mass is 35.5. The second kappa shape index (κ2) is 6.86. The van der Waals surface area contributed by atoms with Gasteiger partial charge >= 0.3 is 0 Å². The van der Waals surface area contributed by atoms with Crippen LogP contribution in [0.3, 0.4) is 0 Å². The lowest BCUT2D eigenvalue weighted by Crippen LogP contribution is -2.21. The van der Waals surface area contributed by atoms with E-state index in [4.69, 9.17) is 11.6 Å². The predicted molar refractivity (Wildman–Crippen MR) is 116 cm³/mol. The van der Waals surface area contributed by atoms with E-state index >= 15 is 4.39 Å². The number of anilines is 2. The molecule has 32 heavy (non-hydrogen) atoms. The molecule has 1 amide bonds. The molecule has 1 aromatic carbocycles. The number of amides is 1. The Morgan fingerprint density at radius 2 is 2.12 bits per heavy atom. The van der Waals surface area contributed by atoms with Gasteiger partial charge in [0, 0.05) is 30.2 Å². The molecule has 2 atom stereocenters. The number of carbonyl (C=O) groups is 1. The van der Waals surface area contributed by atoms with Gasteiger partial charge in [-0.05, 0) is 19.3 Å². The Morgan fingerprint density at radius 3 is 2.84 bits per heavy atom. The summed E-state index contributed by atoms with van der Waals surface area (Å²) in [5, 5.41) is 10.3. The molecule has 2 N–H and O–H groups in total. The van der Waals surface area contributed by atoms with Crippen molar-refractivity contribution >= 4 is 45.6 Å². The minimum Gasteiger partial charge on any atom is -0.367 e. The highest BCUT2D eigenvalue weighted by Gasteiger charge is 2.43. The molecule has 0 bridgehead atoms. The molecule has 0 aliphatic heterocycles. The molecule has 3 aromatic heterocycles. The second-order valence-corrected chi connectivity index (χ2v) is 8.74. The van der Waals surface area contributed by atoms with Gasteiger partial charge in [-0.3, -0.25) is 14.9 Å².